The number of benzene rings is 1. The maximum atomic E-state index is 3.83. The summed E-state index contributed by atoms with van der Waals surface area (Å²) in [5.74, 6) is 1.000. The van der Waals surface area contributed by atoms with E-state index in [1.807, 2.05) is 0 Å². The van der Waals surface area contributed by atoms with Crippen LogP contribution < -0.4 is 0 Å². The van der Waals surface area contributed by atoms with Crippen molar-refractivity contribution in [3.05, 3.63) is 35.4 Å². The molecule has 1 saturated carbocycles. The van der Waals surface area contributed by atoms with Gasteiger partial charge in [0.2, 0.25) is 0 Å². The zero-order valence-electron chi connectivity index (χ0n) is 13.8. The third-order valence-electron chi connectivity index (χ3n) is 5.43. The van der Waals surface area contributed by atoms with E-state index in [0.717, 1.165) is 17.7 Å². The lowest BCUT2D eigenvalue weighted by Gasteiger charge is -2.39. The van der Waals surface area contributed by atoms with E-state index in [-0.39, 0.29) is 0 Å². The Hall–Kier alpha value is -0.300. The monoisotopic (exact) mass is 350 g/mol. The first-order chi connectivity index (χ1) is 10.2. The SMILES string of the molecule is CCCCC1CCC(CBr)(Cc2ccc(CC)cc2)CC1. The fraction of sp³-hybridized carbons (Fsp3) is 0.700. The van der Waals surface area contributed by atoms with Crippen molar-refractivity contribution in [2.45, 2.75) is 71.6 Å². The Morgan fingerprint density at radius 3 is 2.19 bits per heavy atom. The van der Waals surface area contributed by atoms with E-state index in [1.165, 1.54) is 62.5 Å². The van der Waals surface area contributed by atoms with Crippen molar-refractivity contribution in [3.8, 4) is 0 Å². The molecule has 0 aliphatic heterocycles. The number of aryl methyl sites for hydroxylation is 1. The van der Waals surface area contributed by atoms with Crippen LogP contribution in [0.4, 0.5) is 0 Å². The van der Waals surface area contributed by atoms with Crippen LogP contribution in [-0.4, -0.2) is 5.33 Å². The molecule has 0 N–H and O–H groups in total. The first-order valence-corrected chi connectivity index (χ1v) is 9.97. The van der Waals surface area contributed by atoms with Gasteiger partial charge in [-0.1, -0.05) is 73.3 Å². The van der Waals surface area contributed by atoms with Gasteiger partial charge in [0.1, 0.15) is 0 Å². The zero-order chi connectivity index (χ0) is 15.1. The van der Waals surface area contributed by atoms with Crippen molar-refractivity contribution < 1.29 is 0 Å². The van der Waals surface area contributed by atoms with Gasteiger partial charge in [0.15, 0.2) is 0 Å². The predicted molar refractivity (Wildman–Crippen MR) is 97.2 cm³/mol. The quantitative estimate of drug-likeness (QED) is 0.488. The van der Waals surface area contributed by atoms with Gasteiger partial charge in [-0.05, 0) is 61.0 Å². The number of rotatable bonds is 7. The van der Waals surface area contributed by atoms with Crippen LogP contribution >= 0.6 is 15.9 Å². The van der Waals surface area contributed by atoms with Crippen LogP contribution in [0.25, 0.3) is 0 Å². The van der Waals surface area contributed by atoms with Crippen LogP contribution in [0, 0.1) is 11.3 Å². The van der Waals surface area contributed by atoms with E-state index in [0.29, 0.717) is 5.41 Å². The molecule has 0 unspecified atom stereocenters. The molecular formula is C20H31Br. The zero-order valence-corrected chi connectivity index (χ0v) is 15.4. The lowest BCUT2D eigenvalue weighted by molar-refractivity contribution is 0.168. The Labute approximate surface area is 139 Å². The highest BCUT2D eigenvalue weighted by Gasteiger charge is 2.34. The van der Waals surface area contributed by atoms with Crippen molar-refractivity contribution in [1.29, 1.82) is 0 Å². The molecule has 0 heterocycles. The minimum Gasteiger partial charge on any atom is -0.0922 e. The molecule has 1 heteroatoms. The average molecular weight is 351 g/mol. The van der Waals surface area contributed by atoms with E-state index < -0.39 is 0 Å². The summed E-state index contributed by atoms with van der Waals surface area (Å²) in [5.41, 5.74) is 3.49. The average Bonchev–Trinajstić information content (AvgIpc) is 2.55. The molecule has 1 fully saturated rings. The highest BCUT2D eigenvalue weighted by Crippen LogP contribution is 2.44. The van der Waals surface area contributed by atoms with Gasteiger partial charge in [-0.2, -0.15) is 0 Å². The number of hydrogen-bond donors (Lipinski definition) is 0. The summed E-state index contributed by atoms with van der Waals surface area (Å²) < 4.78 is 0. The van der Waals surface area contributed by atoms with Crippen molar-refractivity contribution >= 4 is 15.9 Å². The lowest BCUT2D eigenvalue weighted by Crippen LogP contribution is -2.31. The Kier molecular flexibility index (Phi) is 6.79. The van der Waals surface area contributed by atoms with Gasteiger partial charge in [-0.3, -0.25) is 0 Å². The second kappa shape index (κ2) is 8.36. The molecule has 2 rings (SSSR count). The molecule has 21 heavy (non-hydrogen) atoms. The van der Waals surface area contributed by atoms with Gasteiger partial charge < -0.3 is 0 Å². The fourth-order valence-corrected chi connectivity index (χ4v) is 4.51. The molecule has 0 nitrogen and oxygen atoms in total. The van der Waals surface area contributed by atoms with Crippen LogP contribution in [0.15, 0.2) is 24.3 Å². The Morgan fingerprint density at radius 1 is 1.05 bits per heavy atom. The van der Waals surface area contributed by atoms with Crippen LogP contribution in [0.2, 0.25) is 0 Å². The summed E-state index contributed by atoms with van der Waals surface area (Å²) in [6.07, 6.45) is 12.3. The molecule has 0 saturated heterocycles. The summed E-state index contributed by atoms with van der Waals surface area (Å²) in [7, 11) is 0. The summed E-state index contributed by atoms with van der Waals surface area (Å²) in [5, 5.41) is 1.16. The van der Waals surface area contributed by atoms with Crippen LogP contribution in [0.3, 0.4) is 0 Å². The van der Waals surface area contributed by atoms with E-state index in [9.17, 15) is 0 Å². The topological polar surface area (TPSA) is 0 Å². The number of halogens is 1. The standard InChI is InChI=1S/C20H31Br/c1-3-5-6-18-11-13-20(16-21,14-12-18)15-19-9-7-17(4-2)8-10-19/h7-10,18H,3-6,11-16H2,1-2H3. The molecule has 1 aliphatic rings. The third-order valence-corrected chi connectivity index (χ3v) is 6.62. The largest absolute Gasteiger partial charge is 0.0922 e. The molecule has 0 amide bonds. The summed E-state index contributed by atoms with van der Waals surface area (Å²) in [4.78, 5) is 0. The second-order valence-electron chi connectivity index (χ2n) is 7.07. The van der Waals surface area contributed by atoms with Gasteiger partial charge in [-0.15, -0.1) is 0 Å². The van der Waals surface area contributed by atoms with Crippen molar-refractivity contribution in [3.63, 3.8) is 0 Å². The smallest absolute Gasteiger partial charge is 0.00911 e. The Bertz CT molecular complexity index is 398. The van der Waals surface area contributed by atoms with Crippen LogP contribution in [0.1, 0.15) is 69.9 Å². The van der Waals surface area contributed by atoms with Gasteiger partial charge in [-0.25, -0.2) is 0 Å². The summed E-state index contributed by atoms with van der Waals surface area (Å²) >= 11 is 3.83. The van der Waals surface area contributed by atoms with Crippen LogP contribution in [-0.2, 0) is 12.8 Å². The van der Waals surface area contributed by atoms with Crippen molar-refractivity contribution in [1.82, 2.24) is 0 Å². The first kappa shape index (κ1) is 17.1. The molecule has 0 atom stereocenters. The van der Waals surface area contributed by atoms with Crippen molar-refractivity contribution in [2.24, 2.45) is 11.3 Å². The van der Waals surface area contributed by atoms with E-state index in [1.54, 1.807) is 0 Å². The predicted octanol–water partition coefficient (Wildman–Crippen LogP) is 6.55. The minimum atomic E-state index is 0.510. The van der Waals surface area contributed by atoms with E-state index in [4.69, 9.17) is 0 Å². The highest BCUT2D eigenvalue weighted by atomic mass is 79.9. The third kappa shape index (κ3) is 4.84. The van der Waals surface area contributed by atoms with Gasteiger partial charge in [0, 0.05) is 5.33 Å². The number of alkyl halides is 1. The fourth-order valence-electron chi connectivity index (χ4n) is 3.75. The Balaban J connectivity index is 1.93. The molecule has 0 aromatic heterocycles. The molecule has 1 aliphatic carbocycles. The summed E-state index contributed by atoms with van der Waals surface area (Å²) in [6, 6.07) is 9.33. The molecule has 0 bridgehead atoms. The van der Waals surface area contributed by atoms with E-state index in [2.05, 4.69) is 54.0 Å². The van der Waals surface area contributed by atoms with Gasteiger partial charge >= 0.3 is 0 Å². The molecule has 118 valence electrons. The van der Waals surface area contributed by atoms with Gasteiger partial charge in [0.25, 0.3) is 0 Å². The highest BCUT2D eigenvalue weighted by molar-refractivity contribution is 9.09. The first-order valence-electron chi connectivity index (χ1n) is 8.85. The number of hydrogen-bond acceptors (Lipinski definition) is 0. The van der Waals surface area contributed by atoms with Crippen molar-refractivity contribution in [2.75, 3.05) is 5.33 Å². The molecule has 1 aromatic carbocycles. The maximum absolute atomic E-state index is 3.83. The number of unbranched alkanes of at least 4 members (excludes halogenated alkanes) is 1. The van der Waals surface area contributed by atoms with Crippen LogP contribution in [0.5, 0.6) is 0 Å². The van der Waals surface area contributed by atoms with E-state index >= 15 is 0 Å². The molecule has 0 spiro atoms. The lowest BCUT2D eigenvalue weighted by atomic mass is 9.68. The second-order valence-corrected chi connectivity index (χ2v) is 7.63. The Morgan fingerprint density at radius 2 is 1.67 bits per heavy atom. The normalized spacial score (nSPS) is 26.0. The minimum absolute atomic E-state index is 0.510. The molecular weight excluding hydrogens is 320 g/mol. The molecule has 1 aromatic rings. The summed E-state index contributed by atoms with van der Waals surface area (Å²) in [6.45, 7) is 4.54. The van der Waals surface area contributed by atoms with Gasteiger partial charge in [0.05, 0.1) is 0 Å². The molecule has 0 radical (unpaired) electrons. The maximum Gasteiger partial charge on any atom is 0.00911 e.